The molecule has 2 nitrogen and oxygen atoms in total. The number of hydrogen-bond acceptors (Lipinski definition) is 3. The summed E-state index contributed by atoms with van der Waals surface area (Å²) >= 11 is 1.73. The van der Waals surface area contributed by atoms with E-state index >= 15 is 0 Å². The molecule has 1 aromatic rings. The summed E-state index contributed by atoms with van der Waals surface area (Å²) in [6, 6.07) is 10.7. The first-order valence-electron chi connectivity index (χ1n) is 15.7. The standard InChI is InChI=1S/C33H57BO2SSi/c1-24(2)31-17-15-26(5)19-28(31)21-34(22-29-20-27(6)16-18-32(29)25(3)4)36-33(23-35-38(7,8)9)37-30-13-11-10-12-14-30/h10-14,23-29,31-32H,15-22H2,1-9H3/b33-23-/t26-,27-,28-,29-,31+,32+/m1/s1. The molecule has 0 unspecified atom stereocenters. The van der Waals surface area contributed by atoms with Gasteiger partial charge in [-0.25, -0.2) is 0 Å². The van der Waals surface area contributed by atoms with Crippen LogP contribution in [0, 0.1) is 47.3 Å². The van der Waals surface area contributed by atoms with E-state index in [0.717, 1.165) is 52.4 Å². The summed E-state index contributed by atoms with van der Waals surface area (Å²) in [4.78, 5) is 1.22. The number of hydrogen-bond donors (Lipinski definition) is 0. The van der Waals surface area contributed by atoms with E-state index in [4.69, 9.17) is 9.08 Å². The molecule has 2 aliphatic carbocycles. The molecule has 0 N–H and O–H groups in total. The van der Waals surface area contributed by atoms with Crippen molar-refractivity contribution in [3.8, 4) is 0 Å². The van der Waals surface area contributed by atoms with Crippen LogP contribution in [0.5, 0.6) is 0 Å². The monoisotopic (exact) mass is 556 g/mol. The molecule has 2 aliphatic rings. The number of rotatable bonds is 12. The van der Waals surface area contributed by atoms with Crippen molar-refractivity contribution >= 4 is 27.0 Å². The average Bonchev–Trinajstić information content (AvgIpc) is 2.82. The van der Waals surface area contributed by atoms with Crippen molar-refractivity contribution in [2.45, 2.75) is 117 Å². The average molecular weight is 557 g/mol. The lowest BCUT2D eigenvalue weighted by atomic mass is 9.49. The zero-order chi connectivity index (χ0) is 27.9. The summed E-state index contributed by atoms with van der Waals surface area (Å²) in [5, 5.41) is 0.943. The van der Waals surface area contributed by atoms with Gasteiger partial charge in [-0.3, -0.25) is 0 Å². The first-order valence-corrected chi connectivity index (χ1v) is 19.9. The van der Waals surface area contributed by atoms with Gasteiger partial charge in [0.25, 0.3) is 0 Å². The van der Waals surface area contributed by atoms with Crippen LogP contribution in [0.1, 0.15) is 80.1 Å². The van der Waals surface area contributed by atoms with Crippen LogP contribution >= 0.6 is 11.8 Å². The maximum Gasteiger partial charge on any atom is 0.359 e. The topological polar surface area (TPSA) is 18.5 Å². The summed E-state index contributed by atoms with van der Waals surface area (Å²) in [5.74, 6) is 6.29. The quantitative estimate of drug-likeness (QED) is 0.145. The Morgan fingerprint density at radius 3 is 1.82 bits per heavy atom. The highest BCUT2D eigenvalue weighted by Crippen LogP contribution is 2.45. The smallest absolute Gasteiger partial charge is 0.359 e. The fourth-order valence-corrected chi connectivity index (χ4v) is 8.63. The molecule has 6 atom stereocenters. The Hall–Kier alpha value is -0.808. The zero-order valence-electron chi connectivity index (χ0n) is 26.0. The number of benzene rings is 1. The van der Waals surface area contributed by atoms with Crippen molar-refractivity contribution in [2.24, 2.45) is 47.3 Å². The van der Waals surface area contributed by atoms with Crippen molar-refractivity contribution in [1.29, 1.82) is 0 Å². The predicted octanol–water partition coefficient (Wildman–Crippen LogP) is 10.9. The van der Waals surface area contributed by atoms with E-state index in [1.807, 2.05) is 6.26 Å². The Morgan fingerprint density at radius 2 is 1.37 bits per heavy atom. The molecular formula is C33H57BO2SSi. The molecule has 0 aromatic heterocycles. The van der Waals surface area contributed by atoms with Crippen LogP contribution in [-0.4, -0.2) is 15.2 Å². The Labute approximate surface area is 241 Å². The molecule has 1 aromatic carbocycles. The highest BCUT2D eigenvalue weighted by molar-refractivity contribution is 8.03. The van der Waals surface area contributed by atoms with Crippen molar-refractivity contribution < 1.29 is 9.08 Å². The van der Waals surface area contributed by atoms with Crippen molar-refractivity contribution in [1.82, 2.24) is 0 Å². The summed E-state index contributed by atoms with van der Waals surface area (Å²) in [6.07, 6.45) is 12.6. The lowest BCUT2D eigenvalue weighted by Gasteiger charge is -2.41. The van der Waals surface area contributed by atoms with Gasteiger partial charge in [0, 0.05) is 4.90 Å². The first-order chi connectivity index (χ1) is 17.9. The maximum absolute atomic E-state index is 7.10. The van der Waals surface area contributed by atoms with Gasteiger partial charge in [-0.05, 0) is 117 Å². The van der Waals surface area contributed by atoms with E-state index in [1.165, 1.54) is 56.1 Å². The van der Waals surface area contributed by atoms with Gasteiger partial charge in [0.2, 0.25) is 8.32 Å². The minimum atomic E-state index is -1.71. The van der Waals surface area contributed by atoms with E-state index in [2.05, 4.69) is 91.5 Å². The second-order valence-electron chi connectivity index (χ2n) is 14.5. The fourth-order valence-electron chi connectivity index (χ4n) is 7.28. The molecule has 0 aliphatic heterocycles. The molecule has 0 saturated heterocycles. The van der Waals surface area contributed by atoms with Gasteiger partial charge in [0.15, 0.2) is 5.09 Å². The van der Waals surface area contributed by atoms with Crippen LogP contribution in [0.15, 0.2) is 46.6 Å². The lowest BCUT2D eigenvalue weighted by Crippen LogP contribution is -2.36. The highest BCUT2D eigenvalue weighted by atomic mass is 32.2. The lowest BCUT2D eigenvalue weighted by molar-refractivity contribution is 0.146. The van der Waals surface area contributed by atoms with E-state index in [0.29, 0.717) is 0 Å². The van der Waals surface area contributed by atoms with Gasteiger partial charge in [-0.15, -0.1) is 0 Å². The third-order valence-corrected chi connectivity index (χ3v) is 10.9. The second kappa shape index (κ2) is 14.7. The summed E-state index contributed by atoms with van der Waals surface area (Å²) in [7, 11) is -1.71. The van der Waals surface area contributed by atoms with Crippen LogP contribution in [0.25, 0.3) is 0 Å². The molecule has 2 saturated carbocycles. The first kappa shape index (κ1) is 31.7. The zero-order valence-corrected chi connectivity index (χ0v) is 27.9. The van der Waals surface area contributed by atoms with E-state index in [-0.39, 0.29) is 6.92 Å². The molecule has 0 heterocycles. The molecule has 38 heavy (non-hydrogen) atoms. The molecule has 5 heteroatoms. The molecule has 3 rings (SSSR count). The Bertz CT molecular complexity index is 818. The van der Waals surface area contributed by atoms with E-state index in [1.54, 1.807) is 11.8 Å². The van der Waals surface area contributed by atoms with Gasteiger partial charge in [-0.1, -0.05) is 84.3 Å². The SMILES string of the molecule is CC(C)[C@@H]1CC[C@@H](C)C[C@@H]1CB(C[C@H]1C[C@H](C)CC[C@H]1C(C)C)O/C(=C/O[Si](C)(C)C)Sc1ccccc1. The summed E-state index contributed by atoms with van der Waals surface area (Å²) < 4.78 is 13.4. The molecule has 214 valence electrons. The molecule has 0 amide bonds. The Balaban J connectivity index is 1.88. The predicted molar refractivity (Wildman–Crippen MR) is 171 cm³/mol. The molecule has 0 bridgehead atoms. The van der Waals surface area contributed by atoms with Gasteiger partial charge < -0.3 is 9.08 Å². The summed E-state index contributed by atoms with van der Waals surface area (Å²) in [6.45, 7) is 21.7. The molecular weight excluding hydrogens is 499 g/mol. The highest BCUT2D eigenvalue weighted by Gasteiger charge is 2.39. The Kier molecular flexibility index (Phi) is 12.3. The number of thioether (sulfide) groups is 1. The van der Waals surface area contributed by atoms with Crippen molar-refractivity contribution in [3.05, 3.63) is 41.7 Å². The normalized spacial score (nSPS) is 29.0. The third kappa shape index (κ3) is 10.3. The van der Waals surface area contributed by atoms with Crippen molar-refractivity contribution in [3.63, 3.8) is 0 Å². The van der Waals surface area contributed by atoms with Crippen LogP contribution < -0.4 is 0 Å². The minimum absolute atomic E-state index is 0.246. The van der Waals surface area contributed by atoms with Gasteiger partial charge in [0.05, 0.1) is 0 Å². The van der Waals surface area contributed by atoms with Crippen LogP contribution in [-0.2, 0) is 9.08 Å². The molecule has 2 fully saturated rings. The van der Waals surface area contributed by atoms with E-state index in [9.17, 15) is 0 Å². The van der Waals surface area contributed by atoms with Gasteiger partial charge in [-0.2, -0.15) is 0 Å². The van der Waals surface area contributed by atoms with Crippen LogP contribution in [0.3, 0.4) is 0 Å². The van der Waals surface area contributed by atoms with Crippen molar-refractivity contribution in [2.75, 3.05) is 0 Å². The van der Waals surface area contributed by atoms with Gasteiger partial charge in [0.1, 0.15) is 6.26 Å². The fraction of sp³-hybridized carbons (Fsp3) is 0.758. The van der Waals surface area contributed by atoms with E-state index < -0.39 is 8.32 Å². The Morgan fingerprint density at radius 1 is 0.868 bits per heavy atom. The third-order valence-electron chi connectivity index (χ3n) is 9.20. The molecule has 0 radical (unpaired) electrons. The minimum Gasteiger partial charge on any atom is -0.554 e. The molecule has 0 spiro atoms. The maximum atomic E-state index is 7.10. The second-order valence-corrected chi connectivity index (χ2v) is 20.0. The largest absolute Gasteiger partial charge is 0.554 e. The summed E-state index contributed by atoms with van der Waals surface area (Å²) in [5.41, 5.74) is 0. The van der Waals surface area contributed by atoms with Gasteiger partial charge >= 0.3 is 6.92 Å². The van der Waals surface area contributed by atoms with Crippen LogP contribution in [0.4, 0.5) is 0 Å². The van der Waals surface area contributed by atoms with Crippen LogP contribution in [0.2, 0.25) is 32.3 Å².